The van der Waals surface area contributed by atoms with Crippen molar-refractivity contribution in [2.45, 2.75) is 18.6 Å². The van der Waals surface area contributed by atoms with Crippen molar-refractivity contribution in [3.63, 3.8) is 0 Å². The van der Waals surface area contributed by atoms with Crippen molar-refractivity contribution in [3.8, 4) is 11.3 Å². The maximum atomic E-state index is 12.3. The van der Waals surface area contributed by atoms with Gasteiger partial charge in [0.1, 0.15) is 0 Å². The second kappa shape index (κ2) is 6.93. The first kappa shape index (κ1) is 16.2. The molecule has 0 radical (unpaired) electrons. The fourth-order valence-electron chi connectivity index (χ4n) is 3.20. The Morgan fingerprint density at radius 1 is 0.962 bits per heavy atom. The molecule has 0 fully saturated rings. The molecule has 2 atom stereocenters. The number of rotatable bonds is 3. The zero-order valence-electron chi connectivity index (χ0n) is 14.0. The van der Waals surface area contributed by atoms with Crippen molar-refractivity contribution in [2.24, 2.45) is 0 Å². The first-order chi connectivity index (χ1) is 12.7. The molecule has 0 bridgehead atoms. The number of fused-ring (bicyclic) bond motifs is 1. The van der Waals surface area contributed by atoms with E-state index in [1.54, 1.807) is 12.1 Å². The lowest BCUT2D eigenvalue weighted by Gasteiger charge is -2.18. The molecule has 1 aliphatic carbocycles. The van der Waals surface area contributed by atoms with Gasteiger partial charge in [-0.1, -0.05) is 54.6 Å². The summed E-state index contributed by atoms with van der Waals surface area (Å²) in [5, 5.41) is 23.9. The van der Waals surface area contributed by atoms with Crippen molar-refractivity contribution >= 4 is 11.8 Å². The van der Waals surface area contributed by atoms with Crippen LogP contribution in [0.15, 0.2) is 66.7 Å². The molecule has 4 rings (SSSR count). The molecule has 26 heavy (non-hydrogen) atoms. The normalized spacial score (nSPS) is 18.2. The number of hydrogen-bond acceptors (Lipinski definition) is 4. The highest BCUT2D eigenvalue weighted by molar-refractivity contribution is 5.88. The quantitative estimate of drug-likeness (QED) is 0.680. The summed E-state index contributed by atoms with van der Waals surface area (Å²) in [6.07, 6.45) is -0.100. The van der Waals surface area contributed by atoms with Crippen molar-refractivity contribution in [1.82, 2.24) is 15.5 Å². The van der Waals surface area contributed by atoms with Crippen LogP contribution in [-0.2, 0) is 6.42 Å². The van der Waals surface area contributed by atoms with Crippen LogP contribution < -0.4 is 10.6 Å². The lowest BCUT2D eigenvalue weighted by atomic mass is 10.1. The summed E-state index contributed by atoms with van der Waals surface area (Å²) in [6, 6.07) is 20.1. The molecule has 1 aromatic heterocycles. The molecular formula is C20H18N4O2. The van der Waals surface area contributed by atoms with Crippen LogP contribution in [0.25, 0.3) is 11.3 Å². The van der Waals surface area contributed by atoms with Gasteiger partial charge in [0.2, 0.25) is 0 Å². The number of carbonyl (C=O) groups is 1. The van der Waals surface area contributed by atoms with Crippen molar-refractivity contribution in [3.05, 3.63) is 77.9 Å². The summed E-state index contributed by atoms with van der Waals surface area (Å²) < 4.78 is 0. The van der Waals surface area contributed by atoms with E-state index in [0.29, 0.717) is 12.2 Å². The third-order valence-corrected chi connectivity index (χ3v) is 4.47. The van der Waals surface area contributed by atoms with E-state index in [2.05, 4.69) is 20.8 Å². The Balaban J connectivity index is 1.42. The Morgan fingerprint density at radius 3 is 2.50 bits per heavy atom. The molecule has 2 unspecified atom stereocenters. The van der Waals surface area contributed by atoms with Gasteiger partial charge in [0, 0.05) is 12.0 Å². The maximum Gasteiger partial charge on any atom is 0.321 e. The number of anilines is 1. The number of benzene rings is 2. The van der Waals surface area contributed by atoms with Crippen LogP contribution in [0.4, 0.5) is 10.6 Å². The van der Waals surface area contributed by atoms with Crippen LogP contribution in [0, 0.1) is 0 Å². The SMILES string of the molecule is O=C(Nc1ccc(-c2ccccc2)nn1)NC1c2ccccc2CC1O. The average molecular weight is 346 g/mol. The number of aliphatic hydroxyl groups excluding tert-OH is 1. The van der Waals surface area contributed by atoms with E-state index in [1.165, 1.54) is 0 Å². The standard InChI is InChI=1S/C20H18N4O2/c25-17-12-14-8-4-5-9-15(14)19(17)22-20(26)21-18-11-10-16(23-24-18)13-6-2-1-3-7-13/h1-11,17,19,25H,12H2,(H2,21,22,24,26). The largest absolute Gasteiger partial charge is 0.390 e. The minimum Gasteiger partial charge on any atom is -0.390 e. The van der Waals surface area contributed by atoms with E-state index in [-0.39, 0.29) is 0 Å². The molecule has 6 heteroatoms. The van der Waals surface area contributed by atoms with E-state index < -0.39 is 18.2 Å². The summed E-state index contributed by atoms with van der Waals surface area (Å²) in [6.45, 7) is 0. The van der Waals surface area contributed by atoms with Crippen LogP contribution in [0.3, 0.4) is 0 Å². The summed E-state index contributed by atoms with van der Waals surface area (Å²) in [5.74, 6) is 0.350. The number of aliphatic hydroxyl groups is 1. The third kappa shape index (κ3) is 3.27. The fourth-order valence-corrected chi connectivity index (χ4v) is 3.20. The number of carbonyl (C=O) groups excluding carboxylic acids is 1. The van der Waals surface area contributed by atoms with Gasteiger partial charge in [0.15, 0.2) is 5.82 Å². The zero-order valence-corrected chi connectivity index (χ0v) is 14.0. The van der Waals surface area contributed by atoms with Gasteiger partial charge < -0.3 is 10.4 Å². The van der Waals surface area contributed by atoms with E-state index in [0.717, 1.165) is 22.4 Å². The number of amides is 2. The third-order valence-electron chi connectivity index (χ3n) is 4.47. The number of hydrogen-bond donors (Lipinski definition) is 3. The highest BCUT2D eigenvalue weighted by Gasteiger charge is 2.31. The van der Waals surface area contributed by atoms with E-state index >= 15 is 0 Å². The second-order valence-electron chi connectivity index (χ2n) is 6.22. The predicted octanol–water partition coefficient (Wildman–Crippen LogP) is 2.92. The second-order valence-corrected chi connectivity index (χ2v) is 6.22. The van der Waals surface area contributed by atoms with Gasteiger partial charge in [-0.25, -0.2) is 4.79 Å². The van der Waals surface area contributed by atoms with Crippen LogP contribution in [0.2, 0.25) is 0 Å². The number of aromatic nitrogens is 2. The average Bonchev–Trinajstić information content (AvgIpc) is 2.98. The lowest BCUT2D eigenvalue weighted by Crippen LogP contribution is -2.37. The molecule has 3 N–H and O–H groups in total. The molecule has 1 heterocycles. The van der Waals surface area contributed by atoms with E-state index in [4.69, 9.17) is 0 Å². The van der Waals surface area contributed by atoms with Gasteiger partial charge in [-0.15, -0.1) is 10.2 Å². The van der Waals surface area contributed by atoms with Gasteiger partial charge in [0.05, 0.1) is 17.8 Å². The Morgan fingerprint density at radius 2 is 1.73 bits per heavy atom. The Labute approximate surface area is 150 Å². The summed E-state index contributed by atoms with van der Waals surface area (Å²) in [5.41, 5.74) is 3.69. The summed E-state index contributed by atoms with van der Waals surface area (Å²) in [7, 11) is 0. The van der Waals surface area contributed by atoms with Gasteiger partial charge in [-0.3, -0.25) is 5.32 Å². The van der Waals surface area contributed by atoms with Crippen molar-refractivity contribution < 1.29 is 9.90 Å². The number of urea groups is 1. The fraction of sp³-hybridized carbons (Fsp3) is 0.150. The molecule has 0 spiro atoms. The predicted molar refractivity (Wildman–Crippen MR) is 98.5 cm³/mol. The topological polar surface area (TPSA) is 87.1 Å². The maximum absolute atomic E-state index is 12.3. The van der Waals surface area contributed by atoms with Gasteiger partial charge >= 0.3 is 6.03 Å². The van der Waals surface area contributed by atoms with Gasteiger partial charge in [-0.2, -0.15) is 0 Å². The number of nitrogens with one attached hydrogen (secondary N) is 2. The molecule has 2 aromatic carbocycles. The zero-order chi connectivity index (χ0) is 17.9. The molecule has 1 aliphatic rings. The van der Waals surface area contributed by atoms with Gasteiger partial charge in [-0.05, 0) is 23.3 Å². The Kier molecular flexibility index (Phi) is 4.33. The molecule has 6 nitrogen and oxygen atoms in total. The van der Waals surface area contributed by atoms with Crippen molar-refractivity contribution in [1.29, 1.82) is 0 Å². The lowest BCUT2D eigenvalue weighted by molar-refractivity contribution is 0.144. The molecule has 0 saturated heterocycles. The minimum absolute atomic E-state index is 0.350. The Bertz CT molecular complexity index is 913. The Hall–Kier alpha value is -3.25. The van der Waals surface area contributed by atoms with E-state index in [1.807, 2.05) is 54.6 Å². The summed E-state index contributed by atoms with van der Waals surface area (Å²) >= 11 is 0. The molecular weight excluding hydrogens is 328 g/mol. The van der Waals surface area contributed by atoms with Crippen LogP contribution in [0.1, 0.15) is 17.2 Å². The molecule has 3 aromatic rings. The highest BCUT2D eigenvalue weighted by atomic mass is 16.3. The van der Waals surface area contributed by atoms with Crippen LogP contribution in [-0.4, -0.2) is 27.4 Å². The molecule has 2 amide bonds. The monoisotopic (exact) mass is 346 g/mol. The van der Waals surface area contributed by atoms with Crippen LogP contribution >= 0.6 is 0 Å². The first-order valence-electron chi connectivity index (χ1n) is 8.43. The molecule has 0 aliphatic heterocycles. The summed E-state index contributed by atoms with van der Waals surface area (Å²) in [4.78, 5) is 12.3. The highest BCUT2D eigenvalue weighted by Crippen LogP contribution is 2.31. The number of nitrogens with zero attached hydrogens (tertiary/aromatic N) is 2. The van der Waals surface area contributed by atoms with Crippen molar-refractivity contribution in [2.75, 3.05) is 5.32 Å². The molecule has 130 valence electrons. The van der Waals surface area contributed by atoms with Gasteiger partial charge in [0.25, 0.3) is 0 Å². The smallest absolute Gasteiger partial charge is 0.321 e. The van der Waals surface area contributed by atoms with E-state index in [9.17, 15) is 9.90 Å². The molecule has 0 saturated carbocycles. The first-order valence-corrected chi connectivity index (χ1v) is 8.43. The van der Waals surface area contributed by atoms with Crippen LogP contribution in [0.5, 0.6) is 0 Å². The minimum atomic E-state index is -0.635.